The van der Waals surface area contributed by atoms with Gasteiger partial charge in [-0.05, 0) is 30.2 Å². The average molecular weight is 284 g/mol. The van der Waals surface area contributed by atoms with Gasteiger partial charge in [-0.2, -0.15) is 0 Å². The molecule has 2 aromatic rings. The second kappa shape index (κ2) is 6.65. The lowest BCUT2D eigenvalue weighted by Gasteiger charge is -2.17. The lowest BCUT2D eigenvalue weighted by molar-refractivity contribution is 0.0695. The number of carbonyl (C=O) groups excluding carboxylic acids is 1. The number of carboxylic acid groups (broad SMARTS) is 1. The van der Waals surface area contributed by atoms with Gasteiger partial charge in [0, 0.05) is 19.8 Å². The first-order valence-corrected chi connectivity index (χ1v) is 6.57. The maximum absolute atomic E-state index is 12.1. The highest BCUT2D eigenvalue weighted by molar-refractivity contribution is 5.92. The number of hydrogen-bond donors (Lipinski definition) is 1. The third-order valence-electron chi connectivity index (χ3n) is 3.20. The second-order valence-electron chi connectivity index (χ2n) is 4.65. The molecule has 0 radical (unpaired) electrons. The molecule has 108 valence electrons. The van der Waals surface area contributed by atoms with Crippen molar-refractivity contribution in [2.24, 2.45) is 0 Å². The van der Waals surface area contributed by atoms with Crippen molar-refractivity contribution < 1.29 is 14.7 Å². The minimum Gasteiger partial charge on any atom is -0.478 e. The highest BCUT2D eigenvalue weighted by Gasteiger charge is 2.14. The van der Waals surface area contributed by atoms with Gasteiger partial charge in [0.05, 0.1) is 5.56 Å². The number of likely N-dealkylation sites (N-methyl/N-ethyl adjacent to an activating group) is 1. The van der Waals surface area contributed by atoms with Crippen LogP contribution in [0.15, 0.2) is 48.7 Å². The summed E-state index contributed by atoms with van der Waals surface area (Å²) in [6.45, 7) is 0.430. The molecule has 1 aromatic heterocycles. The van der Waals surface area contributed by atoms with Gasteiger partial charge in [-0.15, -0.1) is 0 Å². The first-order valence-electron chi connectivity index (χ1n) is 6.57. The SMILES string of the molecule is CN(CCc1ccccc1C(=O)O)C(=O)c1ccccn1. The Morgan fingerprint density at radius 3 is 2.52 bits per heavy atom. The molecule has 0 saturated heterocycles. The standard InChI is InChI=1S/C16H16N2O3/c1-18(15(19)14-8-4-5-10-17-14)11-9-12-6-2-3-7-13(12)16(20)21/h2-8,10H,9,11H2,1H3,(H,20,21). The van der Waals surface area contributed by atoms with Crippen LogP contribution >= 0.6 is 0 Å². The molecule has 5 nitrogen and oxygen atoms in total. The summed E-state index contributed by atoms with van der Waals surface area (Å²) in [4.78, 5) is 28.8. The zero-order valence-electron chi connectivity index (χ0n) is 11.7. The van der Waals surface area contributed by atoms with Gasteiger partial charge in [-0.1, -0.05) is 24.3 Å². The molecule has 0 bridgehead atoms. The first-order chi connectivity index (χ1) is 10.1. The molecule has 2 rings (SSSR count). The Morgan fingerprint density at radius 1 is 1.14 bits per heavy atom. The molecule has 5 heteroatoms. The number of benzene rings is 1. The number of carboxylic acids is 1. The van der Waals surface area contributed by atoms with E-state index < -0.39 is 5.97 Å². The van der Waals surface area contributed by atoms with Crippen molar-refractivity contribution in [3.05, 3.63) is 65.5 Å². The number of nitrogens with zero attached hydrogens (tertiary/aromatic N) is 2. The van der Waals surface area contributed by atoms with E-state index in [1.165, 1.54) is 0 Å². The van der Waals surface area contributed by atoms with E-state index in [4.69, 9.17) is 5.11 Å². The lowest BCUT2D eigenvalue weighted by atomic mass is 10.0. The Kier molecular flexibility index (Phi) is 4.66. The van der Waals surface area contributed by atoms with Crippen LogP contribution in [0.1, 0.15) is 26.4 Å². The molecular weight excluding hydrogens is 268 g/mol. The van der Waals surface area contributed by atoms with Crippen LogP contribution in [0, 0.1) is 0 Å². The molecule has 0 atom stereocenters. The number of aromatic carboxylic acids is 1. The number of hydrogen-bond acceptors (Lipinski definition) is 3. The maximum atomic E-state index is 12.1. The lowest BCUT2D eigenvalue weighted by Crippen LogP contribution is -2.29. The van der Waals surface area contributed by atoms with Gasteiger partial charge >= 0.3 is 5.97 Å². The smallest absolute Gasteiger partial charge is 0.335 e. The molecule has 0 fully saturated rings. The van der Waals surface area contributed by atoms with Crippen LogP contribution < -0.4 is 0 Å². The van der Waals surface area contributed by atoms with E-state index in [-0.39, 0.29) is 11.5 Å². The summed E-state index contributed by atoms with van der Waals surface area (Å²) in [5.74, 6) is -1.13. The summed E-state index contributed by atoms with van der Waals surface area (Å²) in [5.41, 5.74) is 1.37. The zero-order valence-corrected chi connectivity index (χ0v) is 11.7. The summed E-state index contributed by atoms with van der Waals surface area (Å²) in [7, 11) is 1.68. The largest absolute Gasteiger partial charge is 0.478 e. The van der Waals surface area contributed by atoms with Crippen LogP contribution in [0.5, 0.6) is 0 Å². The molecule has 0 aliphatic rings. The summed E-state index contributed by atoms with van der Waals surface area (Å²) < 4.78 is 0. The van der Waals surface area contributed by atoms with Crippen molar-refractivity contribution in [3.8, 4) is 0 Å². The molecule has 0 aliphatic carbocycles. The van der Waals surface area contributed by atoms with E-state index in [1.54, 1.807) is 60.6 Å². The Balaban J connectivity index is 2.03. The molecule has 0 saturated carbocycles. The molecule has 1 N–H and O–H groups in total. The van der Waals surface area contributed by atoms with Gasteiger partial charge in [-0.25, -0.2) is 4.79 Å². The quantitative estimate of drug-likeness (QED) is 0.912. The van der Waals surface area contributed by atoms with E-state index >= 15 is 0 Å². The van der Waals surface area contributed by atoms with Gasteiger partial charge in [0.1, 0.15) is 5.69 Å². The Bertz CT molecular complexity index is 641. The molecule has 21 heavy (non-hydrogen) atoms. The van der Waals surface area contributed by atoms with Crippen molar-refractivity contribution in [2.45, 2.75) is 6.42 Å². The van der Waals surface area contributed by atoms with Crippen LogP contribution in [0.2, 0.25) is 0 Å². The first kappa shape index (κ1) is 14.7. The highest BCUT2D eigenvalue weighted by atomic mass is 16.4. The minimum absolute atomic E-state index is 0.177. The van der Waals surface area contributed by atoms with Crippen molar-refractivity contribution in [3.63, 3.8) is 0 Å². The van der Waals surface area contributed by atoms with Gasteiger partial charge in [0.2, 0.25) is 0 Å². The van der Waals surface area contributed by atoms with E-state index in [0.717, 1.165) is 0 Å². The summed E-state index contributed by atoms with van der Waals surface area (Å²) in [6, 6.07) is 12.0. The minimum atomic E-state index is -0.954. The third kappa shape index (κ3) is 3.66. The Hall–Kier alpha value is -2.69. The van der Waals surface area contributed by atoms with Crippen molar-refractivity contribution >= 4 is 11.9 Å². The third-order valence-corrected chi connectivity index (χ3v) is 3.20. The summed E-state index contributed by atoms with van der Waals surface area (Å²) in [6.07, 6.45) is 2.05. The van der Waals surface area contributed by atoms with Crippen molar-refractivity contribution in [1.29, 1.82) is 0 Å². The van der Waals surface area contributed by atoms with Crippen LogP contribution in [-0.4, -0.2) is 40.5 Å². The molecule has 1 aromatic carbocycles. The van der Waals surface area contributed by atoms with Gasteiger partial charge in [-0.3, -0.25) is 9.78 Å². The summed E-state index contributed by atoms with van der Waals surface area (Å²) >= 11 is 0. The number of amides is 1. The zero-order chi connectivity index (χ0) is 15.2. The average Bonchev–Trinajstić information content (AvgIpc) is 2.52. The molecule has 1 amide bonds. The molecule has 1 heterocycles. The van der Waals surface area contributed by atoms with E-state index in [9.17, 15) is 9.59 Å². The van der Waals surface area contributed by atoms with Crippen molar-refractivity contribution in [2.75, 3.05) is 13.6 Å². The van der Waals surface area contributed by atoms with Crippen LogP contribution in [-0.2, 0) is 6.42 Å². The normalized spacial score (nSPS) is 10.1. The number of pyridine rings is 1. The van der Waals surface area contributed by atoms with Gasteiger partial charge < -0.3 is 10.0 Å². The van der Waals surface area contributed by atoms with Crippen LogP contribution in [0.3, 0.4) is 0 Å². The highest BCUT2D eigenvalue weighted by Crippen LogP contribution is 2.10. The topological polar surface area (TPSA) is 70.5 Å². The predicted molar refractivity (Wildman–Crippen MR) is 78.3 cm³/mol. The number of aromatic nitrogens is 1. The fraction of sp³-hybridized carbons (Fsp3) is 0.188. The van der Waals surface area contributed by atoms with Crippen molar-refractivity contribution in [1.82, 2.24) is 9.88 Å². The molecule has 0 aliphatic heterocycles. The monoisotopic (exact) mass is 284 g/mol. The Labute approximate surface area is 122 Å². The number of rotatable bonds is 5. The molecule has 0 spiro atoms. The van der Waals surface area contributed by atoms with E-state index in [2.05, 4.69) is 4.98 Å². The van der Waals surface area contributed by atoms with Crippen LogP contribution in [0.4, 0.5) is 0 Å². The predicted octanol–water partition coefficient (Wildman–Crippen LogP) is 2.09. The van der Waals surface area contributed by atoms with E-state index in [0.29, 0.717) is 24.2 Å². The maximum Gasteiger partial charge on any atom is 0.335 e. The fourth-order valence-corrected chi connectivity index (χ4v) is 2.02. The van der Waals surface area contributed by atoms with E-state index in [1.807, 2.05) is 0 Å². The second-order valence-corrected chi connectivity index (χ2v) is 4.65. The molecule has 0 unspecified atom stereocenters. The van der Waals surface area contributed by atoms with Gasteiger partial charge in [0.25, 0.3) is 5.91 Å². The summed E-state index contributed by atoms with van der Waals surface area (Å²) in [5, 5.41) is 9.13. The number of carbonyl (C=O) groups is 2. The Morgan fingerprint density at radius 2 is 1.86 bits per heavy atom. The van der Waals surface area contributed by atoms with Crippen LogP contribution in [0.25, 0.3) is 0 Å². The fourth-order valence-electron chi connectivity index (χ4n) is 2.02. The van der Waals surface area contributed by atoms with Gasteiger partial charge in [0.15, 0.2) is 0 Å². The molecular formula is C16H16N2O3.